The largest absolute Gasteiger partial charge is 0.347 e. The lowest BCUT2D eigenvalue weighted by Gasteiger charge is -2.25. The van der Waals surface area contributed by atoms with E-state index in [1.54, 1.807) is 6.20 Å². The minimum atomic E-state index is -0.152. The molecule has 1 N–H and O–H groups in total. The molecule has 4 heteroatoms. The van der Waals surface area contributed by atoms with Gasteiger partial charge in [0.15, 0.2) is 0 Å². The van der Waals surface area contributed by atoms with Crippen molar-refractivity contribution in [3.05, 3.63) is 24.3 Å². The zero-order valence-corrected chi connectivity index (χ0v) is 10.3. The number of carbonyl (C=O) groups is 1. The van der Waals surface area contributed by atoms with Crippen molar-refractivity contribution in [3.63, 3.8) is 0 Å². The molecule has 0 aliphatic rings. The van der Waals surface area contributed by atoms with E-state index in [0.29, 0.717) is 17.5 Å². The van der Waals surface area contributed by atoms with Crippen LogP contribution in [0.25, 0.3) is 0 Å². The molecule has 0 fully saturated rings. The smallest absolute Gasteiger partial charge is 0.271 e. The summed E-state index contributed by atoms with van der Waals surface area (Å²) in [5, 5.41) is 2.99. The molecule has 1 amide bonds. The Morgan fingerprint density at radius 3 is 2.25 bits per heavy atom. The first-order chi connectivity index (χ1) is 7.52. The SMILES string of the molecule is CC(C)C(NC(=O)c1cnccn1)C(C)C. The van der Waals surface area contributed by atoms with Gasteiger partial charge < -0.3 is 5.32 Å². The van der Waals surface area contributed by atoms with Gasteiger partial charge in [-0.25, -0.2) is 4.98 Å². The molecule has 1 heterocycles. The van der Waals surface area contributed by atoms with E-state index < -0.39 is 0 Å². The fraction of sp³-hybridized carbons (Fsp3) is 0.583. The lowest BCUT2D eigenvalue weighted by molar-refractivity contribution is 0.0905. The van der Waals surface area contributed by atoms with E-state index in [2.05, 4.69) is 43.0 Å². The van der Waals surface area contributed by atoms with Crippen molar-refractivity contribution in [1.29, 1.82) is 0 Å². The van der Waals surface area contributed by atoms with Crippen LogP contribution < -0.4 is 5.32 Å². The molecule has 0 aromatic carbocycles. The van der Waals surface area contributed by atoms with Gasteiger partial charge in [0.05, 0.1) is 6.20 Å². The highest BCUT2D eigenvalue weighted by Gasteiger charge is 2.20. The maximum absolute atomic E-state index is 11.9. The van der Waals surface area contributed by atoms with Gasteiger partial charge in [0.2, 0.25) is 0 Å². The molecule has 1 rings (SSSR count). The monoisotopic (exact) mass is 221 g/mol. The fourth-order valence-corrected chi connectivity index (χ4v) is 1.74. The van der Waals surface area contributed by atoms with Crippen molar-refractivity contribution in [3.8, 4) is 0 Å². The Morgan fingerprint density at radius 1 is 1.19 bits per heavy atom. The summed E-state index contributed by atoms with van der Waals surface area (Å²) in [5.74, 6) is 0.654. The molecule has 0 bridgehead atoms. The van der Waals surface area contributed by atoms with E-state index in [9.17, 15) is 4.79 Å². The van der Waals surface area contributed by atoms with E-state index in [1.165, 1.54) is 12.4 Å². The number of hydrogen-bond donors (Lipinski definition) is 1. The second-order valence-electron chi connectivity index (χ2n) is 4.58. The van der Waals surface area contributed by atoms with Crippen LogP contribution >= 0.6 is 0 Å². The van der Waals surface area contributed by atoms with E-state index in [-0.39, 0.29) is 11.9 Å². The van der Waals surface area contributed by atoms with Crippen LogP contribution in [0.5, 0.6) is 0 Å². The molecule has 4 nitrogen and oxygen atoms in total. The van der Waals surface area contributed by atoms with E-state index in [0.717, 1.165) is 0 Å². The normalized spacial score (nSPS) is 11.2. The maximum Gasteiger partial charge on any atom is 0.271 e. The second-order valence-corrected chi connectivity index (χ2v) is 4.58. The number of nitrogens with zero attached hydrogens (tertiary/aromatic N) is 2. The number of nitrogens with one attached hydrogen (secondary N) is 1. The Balaban J connectivity index is 2.70. The maximum atomic E-state index is 11.9. The van der Waals surface area contributed by atoms with Crippen LogP contribution in [0, 0.1) is 11.8 Å². The van der Waals surface area contributed by atoms with Gasteiger partial charge in [-0.3, -0.25) is 9.78 Å². The van der Waals surface area contributed by atoms with Gasteiger partial charge in [0.25, 0.3) is 5.91 Å². The van der Waals surface area contributed by atoms with Gasteiger partial charge in [-0.15, -0.1) is 0 Å². The van der Waals surface area contributed by atoms with Gasteiger partial charge in [0, 0.05) is 18.4 Å². The van der Waals surface area contributed by atoms with Crippen molar-refractivity contribution < 1.29 is 4.79 Å². The minimum Gasteiger partial charge on any atom is -0.347 e. The van der Waals surface area contributed by atoms with Crippen LogP contribution in [0.4, 0.5) is 0 Å². The molecule has 0 aliphatic heterocycles. The number of hydrogen-bond acceptors (Lipinski definition) is 3. The third-order valence-electron chi connectivity index (χ3n) is 2.53. The predicted octanol–water partition coefficient (Wildman–Crippen LogP) is 1.89. The molecule has 1 aromatic rings. The summed E-state index contributed by atoms with van der Waals surface area (Å²) in [6, 6.07) is 0.162. The zero-order chi connectivity index (χ0) is 12.1. The summed E-state index contributed by atoms with van der Waals surface area (Å²) in [7, 11) is 0. The number of carbonyl (C=O) groups excluding carboxylic acids is 1. The molecule has 16 heavy (non-hydrogen) atoms. The van der Waals surface area contributed by atoms with E-state index >= 15 is 0 Å². The van der Waals surface area contributed by atoms with Crippen molar-refractivity contribution >= 4 is 5.91 Å². The summed E-state index contributed by atoms with van der Waals surface area (Å²) in [6.07, 6.45) is 4.56. The van der Waals surface area contributed by atoms with Gasteiger partial charge in [-0.05, 0) is 11.8 Å². The second kappa shape index (κ2) is 5.58. The Labute approximate surface area is 96.5 Å². The molecule has 0 unspecified atom stereocenters. The topological polar surface area (TPSA) is 54.9 Å². The average molecular weight is 221 g/mol. The molecule has 0 radical (unpaired) electrons. The molecular formula is C12H19N3O. The van der Waals surface area contributed by atoms with Gasteiger partial charge in [-0.2, -0.15) is 0 Å². The van der Waals surface area contributed by atoms with Crippen LogP contribution in [0.3, 0.4) is 0 Å². The lowest BCUT2D eigenvalue weighted by atomic mass is 9.93. The average Bonchev–Trinajstić information content (AvgIpc) is 2.25. The zero-order valence-electron chi connectivity index (χ0n) is 10.3. The molecule has 88 valence electrons. The highest BCUT2D eigenvalue weighted by molar-refractivity contribution is 5.92. The van der Waals surface area contributed by atoms with Gasteiger partial charge >= 0.3 is 0 Å². The molecule has 0 aliphatic carbocycles. The fourth-order valence-electron chi connectivity index (χ4n) is 1.74. The highest BCUT2D eigenvalue weighted by atomic mass is 16.1. The van der Waals surface area contributed by atoms with Crippen molar-refractivity contribution in [2.75, 3.05) is 0 Å². The summed E-state index contributed by atoms with van der Waals surface area (Å²) in [5.41, 5.74) is 0.369. The molecular weight excluding hydrogens is 202 g/mol. The van der Waals surface area contributed by atoms with Crippen LogP contribution in [0.1, 0.15) is 38.2 Å². The summed E-state index contributed by atoms with van der Waals surface area (Å²) in [4.78, 5) is 19.7. The van der Waals surface area contributed by atoms with Crippen molar-refractivity contribution in [1.82, 2.24) is 15.3 Å². The van der Waals surface area contributed by atoms with Crippen molar-refractivity contribution in [2.24, 2.45) is 11.8 Å². The van der Waals surface area contributed by atoms with Gasteiger partial charge in [-0.1, -0.05) is 27.7 Å². The van der Waals surface area contributed by atoms with Crippen LogP contribution in [0.15, 0.2) is 18.6 Å². The minimum absolute atomic E-state index is 0.152. The molecule has 0 spiro atoms. The number of aromatic nitrogens is 2. The quantitative estimate of drug-likeness (QED) is 0.844. The third-order valence-corrected chi connectivity index (χ3v) is 2.53. The van der Waals surface area contributed by atoms with Crippen LogP contribution in [-0.4, -0.2) is 21.9 Å². The molecule has 1 aromatic heterocycles. The van der Waals surface area contributed by atoms with E-state index in [1.807, 2.05) is 0 Å². The number of rotatable bonds is 4. The first-order valence-electron chi connectivity index (χ1n) is 5.59. The third kappa shape index (κ3) is 3.29. The number of amides is 1. The van der Waals surface area contributed by atoms with E-state index in [4.69, 9.17) is 0 Å². The molecule has 0 atom stereocenters. The summed E-state index contributed by atoms with van der Waals surface area (Å²) in [6.45, 7) is 8.40. The molecule has 0 saturated heterocycles. The first-order valence-corrected chi connectivity index (χ1v) is 5.59. The Bertz CT molecular complexity index is 327. The predicted molar refractivity (Wildman–Crippen MR) is 63.0 cm³/mol. The Kier molecular flexibility index (Phi) is 4.40. The first kappa shape index (κ1) is 12.6. The summed E-state index contributed by atoms with van der Waals surface area (Å²) < 4.78 is 0. The van der Waals surface area contributed by atoms with Gasteiger partial charge in [0.1, 0.15) is 5.69 Å². The van der Waals surface area contributed by atoms with Crippen LogP contribution in [-0.2, 0) is 0 Å². The molecule has 0 saturated carbocycles. The van der Waals surface area contributed by atoms with Crippen molar-refractivity contribution in [2.45, 2.75) is 33.7 Å². The van der Waals surface area contributed by atoms with Crippen LogP contribution in [0.2, 0.25) is 0 Å². The highest BCUT2D eigenvalue weighted by Crippen LogP contribution is 2.12. The Hall–Kier alpha value is -1.45. The standard InChI is InChI=1S/C12H19N3O/c1-8(2)11(9(3)4)15-12(16)10-7-13-5-6-14-10/h5-9,11H,1-4H3,(H,15,16). The Morgan fingerprint density at radius 2 is 1.81 bits per heavy atom. The lowest BCUT2D eigenvalue weighted by Crippen LogP contribution is -2.42. The summed E-state index contributed by atoms with van der Waals surface area (Å²) >= 11 is 0.